The third-order valence-corrected chi connectivity index (χ3v) is 8.35. The van der Waals surface area contributed by atoms with Crippen molar-refractivity contribution >= 4 is 33.2 Å². The molecule has 0 heterocycles. The van der Waals surface area contributed by atoms with Crippen molar-refractivity contribution in [3.05, 3.63) is 100 Å². The summed E-state index contributed by atoms with van der Waals surface area (Å²) in [5, 5.41) is 14.0. The lowest BCUT2D eigenvalue weighted by molar-refractivity contribution is -0.384. The highest BCUT2D eigenvalue weighted by atomic mass is 32.2. The van der Waals surface area contributed by atoms with E-state index in [-0.39, 0.29) is 28.7 Å². The van der Waals surface area contributed by atoms with Crippen molar-refractivity contribution in [2.45, 2.75) is 51.1 Å². The maximum absolute atomic E-state index is 13.9. The van der Waals surface area contributed by atoms with Crippen LogP contribution in [-0.4, -0.2) is 49.2 Å². The van der Waals surface area contributed by atoms with E-state index in [1.165, 1.54) is 41.3 Å². The summed E-state index contributed by atoms with van der Waals surface area (Å²) in [4.78, 5) is 38.8. The first-order chi connectivity index (χ1) is 19.1. The van der Waals surface area contributed by atoms with Gasteiger partial charge in [-0.2, -0.15) is 0 Å². The van der Waals surface area contributed by atoms with Crippen LogP contribution in [0.15, 0.2) is 83.8 Å². The molecule has 0 aliphatic heterocycles. The number of amides is 2. The molecule has 0 unspecified atom stereocenters. The zero-order valence-corrected chi connectivity index (χ0v) is 23.6. The number of carbonyl (C=O) groups excluding carboxylic acids is 2. The maximum atomic E-state index is 13.9. The van der Waals surface area contributed by atoms with E-state index >= 15 is 0 Å². The second-order valence-electron chi connectivity index (χ2n) is 9.37. The molecule has 212 valence electrons. The van der Waals surface area contributed by atoms with Crippen molar-refractivity contribution in [3.8, 4) is 0 Å². The minimum atomic E-state index is -4.24. The number of non-ortho nitro benzene ring substituents is 1. The van der Waals surface area contributed by atoms with E-state index in [1.807, 2.05) is 38.1 Å². The van der Waals surface area contributed by atoms with Gasteiger partial charge in [-0.3, -0.25) is 24.0 Å². The molecule has 3 aromatic carbocycles. The number of nitrogens with one attached hydrogen (secondary N) is 1. The average molecular weight is 567 g/mol. The van der Waals surface area contributed by atoms with Crippen LogP contribution < -0.4 is 9.62 Å². The van der Waals surface area contributed by atoms with Gasteiger partial charge in [0.05, 0.1) is 15.5 Å². The molecular weight excluding hydrogens is 532 g/mol. The third kappa shape index (κ3) is 7.44. The topological polar surface area (TPSA) is 130 Å². The number of sulfonamides is 1. The number of nitro groups is 1. The van der Waals surface area contributed by atoms with Gasteiger partial charge in [0.15, 0.2) is 0 Å². The molecule has 0 spiro atoms. The number of rotatable bonds is 13. The first kappa shape index (κ1) is 30.3. The second-order valence-corrected chi connectivity index (χ2v) is 11.2. The van der Waals surface area contributed by atoms with E-state index in [2.05, 4.69) is 5.32 Å². The lowest BCUT2D eigenvalue weighted by Crippen LogP contribution is -2.51. The first-order valence-electron chi connectivity index (χ1n) is 13.0. The van der Waals surface area contributed by atoms with Crippen molar-refractivity contribution in [2.75, 3.05) is 17.4 Å². The predicted octanol–water partition coefficient (Wildman–Crippen LogP) is 4.43. The Balaban J connectivity index is 2.02. The number of aryl methyl sites for hydroxylation is 1. The monoisotopic (exact) mass is 566 g/mol. The standard InChI is InChI=1S/C29H34N4O6S/c1-4-5-19-30-29(35)23(3)31(20-24-12-10-9-11-22(24)2)28(34)21-32(25-15-17-26(18-16-25)33(36)37)40(38,39)27-13-7-6-8-14-27/h6-18,23H,4-5,19-21H2,1-3H3,(H,30,35)/t23-/m0/s1. The molecule has 0 aromatic heterocycles. The number of hydrogen-bond donors (Lipinski definition) is 1. The highest BCUT2D eigenvalue weighted by Gasteiger charge is 2.32. The molecule has 11 heteroatoms. The van der Waals surface area contributed by atoms with E-state index in [4.69, 9.17) is 0 Å². The summed E-state index contributed by atoms with van der Waals surface area (Å²) in [6, 6.07) is 19.1. The number of nitro benzene ring substituents is 1. The molecule has 1 N–H and O–H groups in total. The summed E-state index contributed by atoms with van der Waals surface area (Å²) in [5.74, 6) is -0.942. The zero-order valence-electron chi connectivity index (χ0n) is 22.8. The normalized spacial score (nSPS) is 11.9. The number of carbonyl (C=O) groups is 2. The van der Waals surface area contributed by atoms with Gasteiger partial charge in [0, 0.05) is 25.2 Å². The Kier molecular flexibility index (Phi) is 10.4. The van der Waals surface area contributed by atoms with Crippen LogP contribution in [-0.2, 0) is 26.2 Å². The SMILES string of the molecule is CCCCNC(=O)[C@H](C)N(Cc1ccccc1C)C(=O)CN(c1ccc([N+](=O)[O-])cc1)S(=O)(=O)c1ccccc1. The van der Waals surface area contributed by atoms with Gasteiger partial charge in [0.25, 0.3) is 15.7 Å². The summed E-state index contributed by atoms with van der Waals surface area (Å²) in [7, 11) is -4.24. The fourth-order valence-electron chi connectivity index (χ4n) is 4.08. The van der Waals surface area contributed by atoms with E-state index in [0.717, 1.165) is 28.3 Å². The van der Waals surface area contributed by atoms with Crippen LogP contribution in [0.2, 0.25) is 0 Å². The Morgan fingerprint density at radius 1 is 0.975 bits per heavy atom. The van der Waals surface area contributed by atoms with Crippen LogP contribution in [0, 0.1) is 17.0 Å². The molecule has 0 radical (unpaired) electrons. The van der Waals surface area contributed by atoms with Gasteiger partial charge in [-0.05, 0) is 55.7 Å². The number of benzene rings is 3. The highest BCUT2D eigenvalue weighted by molar-refractivity contribution is 7.92. The van der Waals surface area contributed by atoms with Gasteiger partial charge < -0.3 is 10.2 Å². The molecule has 0 bridgehead atoms. The average Bonchev–Trinajstić information content (AvgIpc) is 2.95. The van der Waals surface area contributed by atoms with Crippen LogP contribution >= 0.6 is 0 Å². The number of nitrogens with zero attached hydrogens (tertiary/aromatic N) is 3. The number of unbranched alkanes of at least 4 members (excludes halogenated alkanes) is 1. The van der Waals surface area contributed by atoms with E-state index in [0.29, 0.717) is 6.54 Å². The quantitative estimate of drug-likeness (QED) is 0.185. The third-order valence-electron chi connectivity index (χ3n) is 6.56. The van der Waals surface area contributed by atoms with Crippen LogP contribution in [0.3, 0.4) is 0 Å². The van der Waals surface area contributed by atoms with Crippen molar-refractivity contribution in [3.63, 3.8) is 0 Å². The number of hydrogen-bond acceptors (Lipinski definition) is 6. The first-order valence-corrected chi connectivity index (χ1v) is 14.4. The molecule has 0 fully saturated rings. The maximum Gasteiger partial charge on any atom is 0.269 e. The Hall–Kier alpha value is -4.25. The summed E-state index contributed by atoms with van der Waals surface area (Å²) in [6.45, 7) is 5.44. The van der Waals surface area contributed by atoms with Crippen molar-refractivity contribution < 1.29 is 22.9 Å². The molecule has 3 aromatic rings. The number of anilines is 1. The molecule has 10 nitrogen and oxygen atoms in total. The highest BCUT2D eigenvalue weighted by Crippen LogP contribution is 2.26. The van der Waals surface area contributed by atoms with Gasteiger partial charge in [0.2, 0.25) is 11.8 Å². The van der Waals surface area contributed by atoms with Gasteiger partial charge in [-0.1, -0.05) is 55.8 Å². The van der Waals surface area contributed by atoms with Gasteiger partial charge in [-0.15, -0.1) is 0 Å². The van der Waals surface area contributed by atoms with Crippen LogP contribution in [0.4, 0.5) is 11.4 Å². The Labute approximate surface area is 234 Å². The minimum Gasteiger partial charge on any atom is -0.354 e. The Morgan fingerprint density at radius 3 is 2.20 bits per heavy atom. The summed E-state index contributed by atoms with van der Waals surface area (Å²) < 4.78 is 28.4. The van der Waals surface area contributed by atoms with Crippen molar-refractivity contribution in [2.24, 2.45) is 0 Å². The molecule has 3 rings (SSSR count). The lowest BCUT2D eigenvalue weighted by atomic mass is 10.1. The van der Waals surface area contributed by atoms with E-state index < -0.39 is 33.4 Å². The van der Waals surface area contributed by atoms with Gasteiger partial charge in [0.1, 0.15) is 12.6 Å². The molecule has 2 amide bonds. The fraction of sp³-hybridized carbons (Fsp3) is 0.310. The van der Waals surface area contributed by atoms with Gasteiger partial charge >= 0.3 is 0 Å². The molecule has 1 atom stereocenters. The lowest BCUT2D eigenvalue weighted by Gasteiger charge is -2.32. The summed E-state index contributed by atoms with van der Waals surface area (Å²) >= 11 is 0. The largest absolute Gasteiger partial charge is 0.354 e. The fourth-order valence-corrected chi connectivity index (χ4v) is 5.51. The summed E-state index contributed by atoms with van der Waals surface area (Å²) in [6.07, 6.45) is 1.68. The Bertz CT molecular complexity index is 1430. The van der Waals surface area contributed by atoms with Crippen molar-refractivity contribution in [1.29, 1.82) is 0 Å². The van der Waals surface area contributed by atoms with Crippen LogP contribution in [0.25, 0.3) is 0 Å². The van der Waals surface area contributed by atoms with Crippen LogP contribution in [0.1, 0.15) is 37.8 Å². The zero-order chi connectivity index (χ0) is 29.3. The molecule has 40 heavy (non-hydrogen) atoms. The molecule has 0 aliphatic rings. The molecular formula is C29H34N4O6S. The molecule has 0 aliphatic carbocycles. The molecule has 0 saturated carbocycles. The van der Waals surface area contributed by atoms with E-state index in [1.54, 1.807) is 25.1 Å². The smallest absolute Gasteiger partial charge is 0.269 e. The second kappa shape index (κ2) is 13.7. The van der Waals surface area contributed by atoms with Crippen molar-refractivity contribution in [1.82, 2.24) is 10.2 Å². The molecule has 0 saturated heterocycles. The van der Waals surface area contributed by atoms with Gasteiger partial charge in [-0.25, -0.2) is 8.42 Å². The van der Waals surface area contributed by atoms with E-state index in [9.17, 15) is 28.1 Å². The minimum absolute atomic E-state index is 0.0445. The Morgan fingerprint density at radius 2 is 1.60 bits per heavy atom. The predicted molar refractivity (Wildman–Crippen MR) is 153 cm³/mol. The summed E-state index contributed by atoms with van der Waals surface area (Å²) in [5.41, 5.74) is 1.60. The van der Waals surface area contributed by atoms with Crippen LogP contribution in [0.5, 0.6) is 0 Å².